The second-order valence-corrected chi connectivity index (χ2v) is 6.18. The fourth-order valence-corrected chi connectivity index (χ4v) is 1.85. The van der Waals surface area contributed by atoms with Crippen LogP contribution >= 0.6 is 0 Å². The smallest absolute Gasteiger partial charge is 0.250 e. The number of amides is 1. The summed E-state index contributed by atoms with van der Waals surface area (Å²) >= 11 is 0. The molecule has 124 valence electrons. The van der Waals surface area contributed by atoms with E-state index in [0.29, 0.717) is 23.9 Å². The van der Waals surface area contributed by atoms with Crippen LogP contribution in [0.1, 0.15) is 32.5 Å². The van der Waals surface area contributed by atoms with E-state index in [1.165, 1.54) is 7.11 Å². The summed E-state index contributed by atoms with van der Waals surface area (Å²) in [5, 5.41) is 9.91. The lowest BCUT2D eigenvalue weighted by molar-refractivity contribution is -0.119. The van der Waals surface area contributed by atoms with Crippen molar-refractivity contribution >= 4 is 17.3 Å². The molecule has 0 spiro atoms. The second-order valence-electron chi connectivity index (χ2n) is 6.18. The maximum absolute atomic E-state index is 11.5. The molecule has 0 unspecified atom stereocenters. The SMILES string of the molecule is COCC(=O)Nc1cccc(NCc2noc(C(C)(C)C)n2)c1. The van der Waals surface area contributed by atoms with Crippen LogP contribution in [0.25, 0.3) is 0 Å². The Kier molecular flexibility index (Phi) is 5.33. The molecule has 7 nitrogen and oxygen atoms in total. The molecule has 0 radical (unpaired) electrons. The summed E-state index contributed by atoms with van der Waals surface area (Å²) in [5.41, 5.74) is 1.37. The Balaban J connectivity index is 1.95. The third kappa shape index (κ3) is 5.07. The molecule has 0 atom stereocenters. The van der Waals surface area contributed by atoms with E-state index in [4.69, 9.17) is 9.26 Å². The fourth-order valence-electron chi connectivity index (χ4n) is 1.85. The molecule has 23 heavy (non-hydrogen) atoms. The number of methoxy groups -OCH3 is 1. The highest BCUT2D eigenvalue weighted by Crippen LogP contribution is 2.20. The predicted molar refractivity (Wildman–Crippen MR) is 87.3 cm³/mol. The number of anilines is 2. The maximum Gasteiger partial charge on any atom is 0.250 e. The molecule has 2 aromatic rings. The number of hydrogen-bond acceptors (Lipinski definition) is 6. The van der Waals surface area contributed by atoms with E-state index >= 15 is 0 Å². The number of rotatable bonds is 6. The normalized spacial score (nSPS) is 11.3. The van der Waals surface area contributed by atoms with E-state index in [2.05, 4.69) is 20.8 Å². The standard InChI is InChI=1S/C16H22N4O3/c1-16(2,3)15-19-13(20-23-15)9-17-11-6-5-7-12(8-11)18-14(21)10-22-4/h5-8,17H,9-10H2,1-4H3,(H,18,21). The number of benzene rings is 1. The molecular formula is C16H22N4O3. The van der Waals surface area contributed by atoms with Gasteiger partial charge in [0.1, 0.15) is 6.61 Å². The van der Waals surface area contributed by atoms with Crippen molar-refractivity contribution in [2.75, 3.05) is 24.4 Å². The van der Waals surface area contributed by atoms with Crippen LogP contribution in [0.5, 0.6) is 0 Å². The van der Waals surface area contributed by atoms with Crippen LogP contribution in [-0.4, -0.2) is 29.8 Å². The van der Waals surface area contributed by atoms with Crippen molar-refractivity contribution in [3.8, 4) is 0 Å². The number of carbonyl (C=O) groups excluding carboxylic acids is 1. The first-order chi connectivity index (χ1) is 10.9. The molecule has 1 aromatic heterocycles. The van der Waals surface area contributed by atoms with Gasteiger partial charge in [-0.25, -0.2) is 0 Å². The lowest BCUT2D eigenvalue weighted by Crippen LogP contribution is -2.17. The zero-order chi connectivity index (χ0) is 16.9. The highest BCUT2D eigenvalue weighted by Gasteiger charge is 2.21. The average molecular weight is 318 g/mol. The van der Waals surface area contributed by atoms with Gasteiger partial charge in [0.25, 0.3) is 0 Å². The number of nitrogens with zero attached hydrogens (tertiary/aromatic N) is 2. The minimum absolute atomic E-state index is 0.0239. The molecule has 0 saturated heterocycles. The zero-order valence-electron chi connectivity index (χ0n) is 13.8. The van der Waals surface area contributed by atoms with Gasteiger partial charge in [0, 0.05) is 23.9 Å². The molecule has 1 amide bonds. The number of aromatic nitrogens is 2. The largest absolute Gasteiger partial charge is 0.378 e. The minimum Gasteiger partial charge on any atom is -0.378 e. The van der Waals surface area contributed by atoms with Gasteiger partial charge in [-0.3, -0.25) is 4.79 Å². The van der Waals surface area contributed by atoms with Gasteiger partial charge >= 0.3 is 0 Å². The Bertz CT molecular complexity index is 661. The van der Waals surface area contributed by atoms with Crippen LogP contribution in [0.2, 0.25) is 0 Å². The van der Waals surface area contributed by atoms with Crippen molar-refractivity contribution < 1.29 is 14.1 Å². The minimum atomic E-state index is -0.197. The molecule has 0 saturated carbocycles. The van der Waals surface area contributed by atoms with Crippen LogP contribution in [0, 0.1) is 0 Å². The topological polar surface area (TPSA) is 89.3 Å². The number of ether oxygens (including phenoxy) is 1. The summed E-state index contributed by atoms with van der Waals surface area (Å²) in [6.45, 7) is 6.52. The molecule has 7 heteroatoms. The van der Waals surface area contributed by atoms with Crippen molar-refractivity contribution in [3.63, 3.8) is 0 Å². The van der Waals surface area contributed by atoms with Gasteiger partial charge in [-0.2, -0.15) is 4.98 Å². The molecular weight excluding hydrogens is 296 g/mol. The fraction of sp³-hybridized carbons (Fsp3) is 0.438. The van der Waals surface area contributed by atoms with E-state index in [1.54, 1.807) is 0 Å². The first-order valence-corrected chi connectivity index (χ1v) is 7.34. The van der Waals surface area contributed by atoms with Gasteiger partial charge in [-0.15, -0.1) is 0 Å². The van der Waals surface area contributed by atoms with E-state index in [1.807, 2.05) is 45.0 Å². The molecule has 1 heterocycles. The van der Waals surface area contributed by atoms with Crippen molar-refractivity contribution in [1.29, 1.82) is 0 Å². The molecule has 0 aliphatic carbocycles. The van der Waals surface area contributed by atoms with Gasteiger partial charge in [0.15, 0.2) is 5.82 Å². The van der Waals surface area contributed by atoms with Crippen LogP contribution < -0.4 is 10.6 Å². The highest BCUT2D eigenvalue weighted by molar-refractivity contribution is 5.92. The Morgan fingerprint density at radius 3 is 2.70 bits per heavy atom. The van der Waals surface area contributed by atoms with Crippen molar-refractivity contribution in [3.05, 3.63) is 36.0 Å². The number of hydrogen-bond donors (Lipinski definition) is 2. The van der Waals surface area contributed by atoms with E-state index in [0.717, 1.165) is 5.69 Å². The summed E-state index contributed by atoms with van der Waals surface area (Å²) in [7, 11) is 1.48. The van der Waals surface area contributed by atoms with Gasteiger partial charge in [0.2, 0.25) is 11.8 Å². The van der Waals surface area contributed by atoms with Gasteiger partial charge in [-0.1, -0.05) is 32.0 Å². The van der Waals surface area contributed by atoms with Gasteiger partial charge < -0.3 is 19.9 Å². The lowest BCUT2D eigenvalue weighted by Gasteiger charge is -2.10. The Labute approximate surface area is 135 Å². The van der Waals surface area contributed by atoms with Crippen molar-refractivity contribution in [2.24, 2.45) is 0 Å². The average Bonchev–Trinajstić information content (AvgIpc) is 2.95. The predicted octanol–water partition coefficient (Wildman–Crippen LogP) is 2.56. The summed E-state index contributed by atoms with van der Waals surface area (Å²) in [6, 6.07) is 7.39. The summed E-state index contributed by atoms with van der Waals surface area (Å²) in [4.78, 5) is 15.9. The first kappa shape index (κ1) is 17.0. The van der Waals surface area contributed by atoms with Gasteiger partial charge in [-0.05, 0) is 18.2 Å². The number of nitrogens with one attached hydrogen (secondary N) is 2. The quantitative estimate of drug-likeness (QED) is 0.851. The molecule has 1 aromatic carbocycles. The summed E-state index contributed by atoms with van der Waals surface area (Å²) in [6.07, 6.45) is 0. The molecule has 0 fully saturated rings. The highest BCUT2D eigenvalue weighted by atomic mass is 16.5. The van der Waals surface area contributed by atoms with Crippen LogP contribution in [0.3, 0.4) is 0 Å². The Hall–Kier alpha value is -2.41. The monoisotopic (exact) mass is 318 g/mol. The molecule has 0 aliphatic heterocycles. The van der Waals surface area contributed by atoms with Crippen LogP contribution in [0.15, 0.2) is 28.8 Å². The van der Waals surface area contributed by atoms with Gasteiger partial charge in [0.05, 0.1) is 6.54 Å². The molecule has 2 rings (SSSR count). The van der Waals surface area contributed by atoms with Crippen molar-refractivity contribution in [1.82, 2.24) is 10.1 Å². The lowest BCUT2D eigenvalue weighted by atomic mass is 9.97. The Morgan fingerprint density at radius 1 is 1.30 bits per heavy atom. The van der Waals surface area contributed by atoms with E-state index in [9.17, 15) is 4.79 Å². The summed E-state index contributed by atoms with van der Waals surface area (Å²) in [5.74, 6) is 0.997. The maximum atomic E-state index is 11.5. The van der Waals surface area contributed by atoms with Crippen LogP contribution in [0.4, 0.5) is 11.4 Å². The van der Waals surface area contributed by atoms with Crippen LogP contribution in [-0.2, 0) is 21.5 Å². The first-order valence-electron chi connectivity index (χ1n) is 7.34. The third-order valence-electron chi connectivity index (χ3n) is 2.98. The van der Waals surface area contributed by atoms with E-state index < -0.39 is 0 Å². The molecule has 0 bridgehead atoms. The van der Waals surface area contributed by atoms with Crippen molar-refractivity contribution in [2.45, 2.75) is 32.7 Å². The molecule has 0 aliphatic rings. The zero-order valence-corrected chi connectivity index (χ0v) is 13.8. The Morgan fingerprint density at radius 2 is 2.04 bits per heavy atom. The van der Waals surface area contributed by atoms with E-state index in [-0.39, 0.29) is 17.9 Å². The second kappa shape index (κ2) is 7.23. The molecule has 2 N–H and O–H groups in total. The third-order valence-corrected chi connectivity index (χ3v) is 2.98. The summed E-state index contributed by atoms with van der Waals surface area (Å²) < 4.78 is 10.0. The number of carbonyl (C=O) groups is 1.